The van der Waals surface area contributed by atoms with Crippen LogP contribution in [-0.2, 0) is 19.7 Å². The van der Waals surface area contributed by atoms with Crippen molar-refractivity contribution in [3.05, 3.63) is 45.9 Å². The summed E-state index contributed by atoms with van der Waals surface area (Å²) >= 11 is 1.49. The minimum absolute atomic E-state index is 0.128. The van der Waals surface area contributed by atoms with Crippen molar-refractivity contribution in [3.8, 4) is 5.75 Å². The summed E-state index contributed by atoms with van der Waals surface area (Å²) < 4.78 is 17.4. The Morgan fingerprint density at radius 3 is 2.34 bits per heavy atom. The quantitative estimate of drug-likeness (QED) is 0.357. The third-order valence-corrected chi connectivity index (χ3v) is 7.72. The highest BCUT2D eigenvalue weighted by atomic mass is 32.1. The maximum Gasteiger partial charge on any atom is 0.332 e. The predicted molar refractivity (Wildman–Crippen MR) is 151 cm³/mol. The number of methoxy groups -OCH3 is 2. The highest BCUT2D eigenvalue weighted by Crippen LogP contribution is 2.52. The van der Waals surface area contributed by atoms with Crippen LogP contribution >= 0.6 is 11.3 Å². The highest BCUT2D eigenvalue weighted by molar-refractivity contribution is 7.09. The number of ether oxygens (including phenoxy) is 3. The zero-order chi connectivity index (χ0) is 28.5. The lowest BCUT2D eigenvalue weighted by Crippen LogP contribution is -2.56. The number of amides is 1. The van der Waals surface area contributed by atoms with Crippen molar-refractivity contribution in [2.24, 2.45) is 11.8 Å². The van der Waals surface area contributed by atoms with Crippen LogP contribution in [0.3, 0.4) is 0 Å². The molecule has 1 aliphatic rings. The monoisotopic (exact) mass is 544 g/mol. The Balaban J connectivity index is 2.25. The van der Waals surface area contributed by atoms with Crippen LogP contribution in [0.25, 0.3) is 0 Å². The molecular formula is C30H44N2O5S. The van der Waals surface area contributed by atoms with Crippen LogP contribution in [0.5, 0.6) is 5.75 Å². The molecule has 38 heavy (non-hydrogen) atoms. The Bertz CT molecular complexity index is 1120. The first-order chi connectivity index (χ1) is 17.6. The van der Waals surface area contributed by atoms with E-state index in [1.54, 1.807) is 31.4 Å². The number of rotatable bonds is 8. The van der Waals surface area contributed by atoms with Crippen LogP contribution in [0.2, 0.25) is 0 Å². The molecular weight excluding hydrogens is 500 g/mol. The van der Waals surface area contributed by atoms with E-state index in [4.69, 9.17) is 14.2 Å². The standard InChI is InChI=1S/C30H44N2O5S/c1-19(2)16-30(27(34)37-29(6,7)8)17-21(18-35-9)24(25-31-13-14-38-25)32(30)26(33)20-11-12-22(28(3,4)5)23(15-20)36-10/h11-15,19,21,24H,16-18H2,1-10H3/t21-,24?,30-/m0/s1. The largest absolute Gasteiger partial charge is 0.496 e. The summed E-state index contributed by atoms with van der Waals surface area (Å²) in [6, 6.07) is 5.15. The number of aromatic nitrogens is 1. The lowest BCUT2D eigenvalue weighted by molar-refractivity contribution is -0.168. The number of thiazole rings is 1. The summed E-state index contributed by atoms with van der Waals surface area (Å²) in [6.45, 7) is 16.4. The molecule has 1 unspecified atom stereocenters. The second-order valence-corrected chi connectivity index (χ2v) is 13.6. The van der Waals surface area contributed by atoms with Crippen molar-refractivity contribution >= 4 is 23.2 Å². The van der Waals surface area contributed by atoms with E-state index >= 15 is 0 Å². The van der Waals surface area contributed by atoms with Gasteiger partial charge in [-0.1, -0.05) is 40.7 Å². The minimum Gasteiger partial charge on any atom is -0.496 e. The summed E-state index contributed by atoms with van der Waals surface area (Å²) in [7, 11) is 3.27. The number of carbonyl (C=O) groups excluding carboxylic acids is 2. The zero-order valence-corrected chi connectivity index (χ0v) is 25.4. The number of hydrogen-bond donors (Lipinski definition) is 0. The first kappa shape index (κ1) is 30.1. The molecule has 1 amide bonds. The molecule has 1 fully saturated rings. The van der Waals surface area contributed by atoms with E-state index in [0.717, 1.165) is 10.6 Å². The minimum atomic E-state index is -1.17. The van der Waals surface area contributed by atoms with Gasteiger partial charge in [-0.25, -0.2) is 9.78 Å². The summed E-state index contributed by atoms with van der Waals surface area (Å²) in [4.78, 5) is 35.1. The van der Waals surface area contributed by atoms with Crippen molar-refractivity contribution in [2.75, 3.05) is 20.8 Å². The molecule has 2 heterocycles. The molecule has 0 spiro atoms. The van der Waals surface area contributed by atoms with Gasteiger partial charge >= 0.3 is 5.97 Å². The second kappa shape index (κ2) is 11.3. The van der Waals surface area contributed by atoms with E-state index in [1.807, 2.05) is 38.3 Å². The van der Waals surface area contributed by atoms with Crippen molar-refractivity contribution in [1.29, 1.82) is 0 Å². The second-order valence-electron chi connectivity index (χ2n) is 12.7. The van der Waals surface area contributed by atoms with Crippen LogP contribution in [0.4, 0.5) is 0 Å². The molecule has 0 N–H and O–H groups in total. The van der Waals surface area contributed by atoms with E-state index in [0.29, 0.717) is 30.8 Å². The Morgan fingerprint density at radius 1 is 1.16 bits per heavy atom. The summed E-state index contributed by atoms with van der Waals surface area (Å²) in [5, 5.41) is 2.69. The molecule has 1 aromatic heterocycles. The maximum absolute atomic E-state index is 14.6. The average Bonchev–Trinajstić information content (AvgIpc) is 3.43. The van der Waals surface area contributed by atoms with Crippen LogP contribution in [0, 0.1) is 11.8 Å². The van der Waals surface area contributed by atoms with Crippen LogP contribution in [0.15, 0.2) is 29.8 Å². The lowest BCUT2D eigenvalue weighted by Gasteiger charge is -2.41. The number of hydrogen-bond acceptors (Lipinski definition) is 7. The van der Waals surface area contributed by atoms with E-state index in [1.165, 1.54) is 11.3 Å². The molecule has 3 atom stereocenters. The van der Waals surface area contributed by atoms with Gasteiger partial charge in [-0.2, -0.15) is 0 Å². The zero-order valence-electron chi connectivity index (χ0n) is 24.6. The van der Waals surface area contributed by atoms with Gasteiger partial charge in [0.25, 0.3) is 5.91 Å². The third kappa shape index (κ3) is 6.23. The molecule has 2 aromatic rings. The molecule has 0 aliphatic carbocycles. The lowest BCUT2D eigenvalue weighted by atomic mass is 9.83. The van der Waals surface area contributed by atoms with Crippen molar-refractivity contribution < 1.29 is 23.8 Å². The third-order valence-electron chi connectivity index (χ3n) is 6.87. The van der Waals surface area contributed by atoms with Crippen molar-refractivity contribution in [1.82, 2.24) is 9.88 Å². The van der Waals surface area contributed by atoms with E-state index in [-0.39, 0.29) is 29.1 Å². The summed E-state index contributed by atoms with van der Waals surface area (Å²) in [6.07, 6.45) is 2.64. The van der Waals surface area contributed by atoms with Gasteiger partial charge in [-0.3, -0.25) is 4.79 Å². The fourth-order valence-corrected chi connectivity index (χ4v) is 6.40. The molecule has 7 nitrogen and oxygen atoms in total. The number of likely N-dealkylation sites (tertiary alicyclic amines) is 1. The molecule has 8 heteroatoms. The predicted octanol–water partition coefficient (Wildman–Crippen LogP) is 6.43. The van der Waals surface area contributed by atoms with Gasteiger partial charge < -0.3 is 19.1 Å². The van der Waals surface area contributed by atoms with Crippen molar-refractivity contribution in [3.63, 3.8) is 0 Å². The molecule has 1 saturated heterocycles. The van der Waals surface area contributed by atoms with E-state index in [2.05, 4.69) is 39.6 Å². The Labute approximate surface area is 231 Å². The first-order valence-corrected chi connectivity index (χ1v) is 14.2. The van der Waals surface area contributed by atoms with Gasteiger partial charge in [0.2, 0.25) is 0 Å². The summed E-state index contributed by atoms with van der Waals surface area (Å²) in [5.74, 6) is 0.0269. The Kier molecular flexibility index (Phi) is 8.98. The van der Waals surface area contributed by atoms with E-state index < -0.39 is 17.2 Å². The molecule has 0 bridgehead atoms. The summed E-state index contributed by atoms with van der Waals surface area (Å²) in [5.41, 5.74) is -0.568. The highest BCUT2D eigenvalue weighted by Gasteiger charge is 2.60. The Hall–Kier alpha value is -2.45. The molecule has 0 radical (unpaired) electrons. The van der Waals surface area contributed by atoms with Crippen LogP contribution in [-0.4, -0.2) is 53.7 Å². The fraction of sp³-hybridized carbons (Fsp3) is 0.633. The fourth-order valence-electron chi connectivity index (χ4n) is 5.58. The molecule has 0 saturated carbocycles. The van der Waals surface area contributed by atoms with Crippen LogP contribution < -0.4 is 4.74 Å². The van der Waals surface area contributed by atoms with Gasteiger partial charge in [0.05, 0.1) is 19.8 Å². The number of benzene rings is 1. The topological polar surface area (TPSA) is 78.0 Å². The first-order valence-electron chi connectivity index (χ1n) is 13.3. The maximum atomic E-state index is 14.6. The number of nitrogens with zero attached hydrogens (tertiary/aromatic N) is 2. The Morgan fingerprint density at radius 2 is 1.84 bits per heavy atom. The van der Waals surface area contributed by atoms with E-state index in [9.17, 15) is 9.59 Å². The molecule has 1 aromatic carbocycles. The molecule has 3 rings (SSSR count). The molecule has 1 aliphatic heterocycles. The van der Waals surface area contributed by atoms with Gasteiger partial charge in [0.15, 0.2) is 0 Å². The van der Waals surface area contributed by atoms with Gasteiger partial charge in [0.1, 0.15) is 21.9 Å². The smallest absolute Gasteiger partial charge is 0.332 e. The van der Waals surface area contributed by atoms with Gasteiger partial charge in [0, 0.05) is 30.2 Å². The van der Waals surface area contributed by atoms with Gasteiger partial charge in [-0.15, -0.1) is 11.3 Å². The molecule has 210 valence electrons. The van der Waals surface area contributed by atoms with Gasteiger partial charge in [-0.05, 0) is 62.6 Å². The normalized spacial score (nSPS) is 22.1. The average molecular weight is 545 g/mol. The van der Waals surface area contributed by atoms with Crippen LogP contribution in [0.1, 0.15) is 95.2 Å². The number of carbonyl (C=O) groups is 2. The van der Waals surface area contributed by atoms with Crippen molar-refractivity contribution in [2.45, 2.75) is 90.8 Å². The number of esters is 1. The SMILES string of the molecule is COC[C@@H]1C[C@@](CC(C)C)(C(=O)OC(C)(C)C)N(C(=O)c2ccc(C(C)(C)C)c(OC)c2)C1c1nccs1.